The molecule has 0 spiro atoms. The monoisotopic (exact) mass is 422 g/mol. The van der Waals surface area contributed by atoms with Gasteiger partial charge in [-0.05, 0) is 29.8 Å². The molecule has 0 saturated heterocycles. The highest BCUT2D eigenvalue weighted by Crippen LogP contribution is 2.39. The molecule has 1 N–H and O–H groups in total. The molecule has 2 heterocycles. The van der Waals surface area contributed by atoms with Gasteiger partial charge in [-0.3, -0.25) is 4.99 Å². The van der Waals surface area contributed by atoms with Gasteiger partial charge in [0.2, 0.25) is 0 Å². The summed E-state index contributed by atoms with van der Waals surface area (Å²) in [4.78, 5) is 6.62. The van der Waals surface area contributed by atoms with Crippen molar-refractivity contribution in [3.63, 3.8) is 0 Å². The van der Waals surface area contributed by atoms with E-state index < -0.39 is 5.72 Å². The molecule has 6 heteroatoms. The second kappa shape index (κ2) is 7.42. The van der Waals surface area contributed by atoms with Gasteiger partial charge in [-0.25, -0.2) is 4.39 Å². The van der Waals surface area contributed by atoms with E-state index in [1.54, 1.807) is 6.07 Å². The van der Waals surface area contributed by atoms with Crippen molar-refractivity contribution >= 4 is 17.4 Å². The number of fused-ring (bicyclic) bond motifs is 3. The minimum absolute atomic E-state index is 0.235. The predicted molar refractivity (Wildman–Crippen MR) is 114 cm³/mol. The first-order chi connectivity index (χ1) is 14.5. The lowest BCUT2D eigenvalue weighted by Gasteiger charge is -2.43. The molecular formula is C24H20ClFN2O2. The second-order valence-electron chi connectivity index (χ2n) is 7.56. The van der Waals surface area contributed by atoms with Crippen molar-refractivity contribution in [1.82, 2.24) is 4.90 Å². The van der Waals surface area contributed by atoms with Gasteiger partial charge in [0.25, 0.3) is 0 Å². The minimum Gasteiger partial charge on any atom is -0.489 e. The summed E-state index contributed by atoms with van der Waals surface area (Å²) in [6.45, 7) is 1.59. The molecule has 0 fully saturated rings. The summed E-state index contributed by atoms with van der Waals surface area (Å²) in [5.74, 6) is 1.13. The molecule has 3 aromatic carbocycles. The van der Waals surface area contributed by atoms with Crippen LogP contribution in [0.3, 0.4) is 0 Å². The van der Waals surface area contributed by atoms with E-state index in [1.165, 1.54) is 12.1 Å². The molecule has 0 unspecified atom stereocenters. The molecule has 2 aliphatic rings. The highest BCUT2D eigenvalue weighted by Gasteiger charge is 2.44. The first kappa shape index (κ1) is 19.1. The first-order valence-electron chi connectivity index (χ1n) is 9.85. The van der Waals surface area contributed by atoms with Gasteiger partial charge >= 0.3 is 0 Å². The van der Waals surface area contributed by atoms with E-state index in [9.17, 15) is 9.50 Å². The average Bonchev–Trinajstić information content (AvgIpc) is 3.25. The van der Waals surface area contributed by atoms with Crippen LogP contribution in [0.15, 0.2) is 71.7 Å². The summed E-state index contributed by atoms with van der Waals surface area (Å²) >= 11 is 6.06. The number of ether oxygens (including phenoxy) is 1. The van der Waals surface area contributed by atoms with Gasteiger partial charge in [0.05, 0.1) is 11.6 Å². The van der Waals surface area contributed by atoms with Crippen molar-refractivity contribution in [1.29, 1.82) is 0 Å². The molecule has 4 nitrogen and oxygen atoms in total. The van der Waals surface area contributed by atoms with Crippen molar-refractivity contribution in [3.05, 3.63) is 99.8 Å². The Balaban J connectivity index is 1.38. The topological polar surface area (TPSA) is 45.1 Å². The van der Waals surface area contributed by atoms with E-state index in [2.05, 4.69) is 11.1 Å². The normalized spacial score (nSPS) is 19.8. The number of rotatable bonds is 4. The van der Waals surface area contributed by atoms with Crippen LogP contribution < -0.4 is 4.74 Å². The number of hydrogen-bond donors (Lipinski definition) is 1. The molecule has 0 aromatic heterocycles. The standard InChI is InChI=1S/C24H20ClFN2O2/c25-22-13-19(26)8-5-17(22)15-30-20-9-6-18(7-10-20)24(29)14-16-3-1-2-4-21(16)23-27-11-12-28(23)24/h1-10,13,29H,11-12,14-15H2/t24-/m1/s1. The Morgan fingerprint density at radius 2 is 1.90 bits per heavy atom. The fraction of sp³-hybridized carbons (Fsp3) is 0.208. The smallest absolute Gasteiger partial charge is 0.169 e. The number of halogens is 2. The quantitative estimate of drug-likeness (QED) is 0.672. The SMILES string of the molecule is O[C@@]1(c2ccc(OCc3ccc(F)cc3Cl)cc2)Cc2ccccc2C2=NCCN21. The Morgan fingerprint density at radius 1 is 1.10 bits per heavy atom. The lowest BCUT2D eigenvalue weighted by molar-refractivity contribution is -0.0745. The number of amidine groups is 1. The molecule has 0 radical (unpaired) electrons. The summed E-state index contributed by atoms with van der Waals surface area (Å²) in [5, 5.41) is 12.0. The van der Waals surface area contributed by atoms with Crippen molar-refractivity contribution in [3.8, 4) is 5.75 Å². The van der Waals surface area contributed by atoms with Crippen LogP contribution in [0.5, 0.6) is 5.75 Å². The zero-order valence-electron chi connectivity index (χ0n) is 16.2. The Bertz CT molecular complexity index is 1130. The van der Waals surface area contributed by atoms with Gasteiger partial charge in [0.1, 0.15) is 24.0 Å². The maximum absolute atomic E-state index is 13.2. The van der Waals surface area contributed by atoms with Crippen molar-refractivity contribution in [2.75, 3.05) is 13.1 Å². The molecule has 3 aromatic rings. The summed E-state index contributed by atoms with van der Waals surface area (Å²) in [5.41, 5.74) is 2.53. The first-order valence-corrected chi connectivity index (χ1v) is 10.2. The number of aliphatic imine (C=N–C) groups is 1. The Kier molecular flexibility index (Phi) is 4.72. The number of hydrogen-bond acceptors (Lipinski definition) is 4. The third kappa shape index (κ3) is 3.24. The van der Waals surface area contributed by atoms with E-state index in [-0.39, 0.29) is 12.4 Å². The van der Waals surface area contributed by atoms with Gasteiger partial charge < -0.3 is 14.7 Å². The van der Waals surface area contributed by atoms with Crippen LogP contribution in [0.25, 0.3) is 0 Å². The van der Waals surface area contributed by atoms with E-state index in [0.717, 1.165) is 22.5 Å². The zero-order valence-corrected chi connectivity index (χ0v) is 16.9. The lowest BCUT2D eigenvalue weighted by atomic mass is 9.86. The van der Waals surface area contributed by atoms with Gasteiger partial charge in [-0.15, -0.1) is 0 Å². The molecular weight excluding hydrogens is 403 g/mol. The van der Waals surface area contributed by atoms with Gasteiger partial charge in [0, 0.05) is 29.7 Å². The Labute approximate surface area is 179 Å². The third-order valence-corrected chi connectivity index (χ3v) is 6.06. The van der Waals surface area contributed by atoms with E-state index in [0.29, 0.717) is 35.8 Å². The van der Waals surface area contributed by atoms with Crippen LogP contribution in [0.4, 0.5) is 4.39 Å². The Hall–Kier alpha value is -2.89. The lowest BCUT2D eigenvalue weighted by Crippen LogP contribution is -2.53. The summed E-state index contributed by atoms with van der Waals surface area (Å²) in [6.07, 6.45) is 0.494. The molecule has 30 heavy (non-hydrogen) atoms. The average molecular weight is 423 g/mol. The number of benzene rings is 3. The summed E-state index contributed by atoms with van der Waals surface area (Å²) in [6, 6.07) is 19.8. The van der Waals surface area contributed by atoms with Crippen LogP contribution in [0.1, 0.15) is 22.3 Å². The summed E-state index contributed by atoms with van der Waals surface area (Å²) < 4.78 is 19.0. The van der Waals surface area contributed by atoms with Crippen molar-refractivity contribution < 1.29 is 14.2 Å². The molecule has 0 amide bonds. The maximum Gasteiger partial charge on any atom is 0.169 e. The number of nitrogens with zero attached hydrogens (tertiary/aromatic N) is 2. The summed E-state index contributed by atoms with van der Waals surface area (Å²) in [7, 11) is 0. The van der Waals surface area contributed by atoms with Crippen LogP contribution >= 0.6 is 11.6 Å². The molecule has 152 valence electrons. The largest absolute Gasteiger partial charge is 0.489 e. The number of aliphatic hydroxyl groups is 1. The molecule has 0 aliphatic carbocycles. The van der Waals surface area contributed by atoms with Crippen molar-refractivity contribution in [2.24, 2.45) is 4.99 Å². The molecule has 5 rings (SSSR count). The second-order valence-corrected chi connectivity index (χ2v) is 7.96. The maximum atomic E-state index is 13.2. The molecule has 1 atom stereocenters. The van der Waals surface area contributed by atoms with E-state index in [4.69, 9.17) is 16.3 Å². The van der Waals surface area contributed by atoms with Gasteiger partial charge in [-0.2, -0.15) is 0 Å². The fourth-order valence-electron chi connectivity index (χ4n) is 4.17. The third-order valence-electron chi connectivity index (χ3n) is 5.71. The minimum atomic E-state index is -1.15. The Morgan fingerprint density at radius 3 is 2.70 bits per heavy atom. The van der Waals surface area contributed by atoms with Gasteiger partial charge in [-0.1, -0.05) is 54.1 Å². The molecule has 2 aliphatic heterocycles. The van der Waals surface area contributed by atoms with Crippen LogP contribution in [0.2, 0.25) is 5.02 Å². The van der Waals surface area contributed by atoms with E-state index in [1.807, 2.05) is 47.4 Å². The predicted octanol–water partition coefficient (Wildman–Crippen LogP) is 4.52. The van der Waals surface area contributed by atoms with Crippen molar-refractivity contribution in [2.45, 2.75) is 18.8 Å². The fourth-order valence-corrected chi connectivity index (χ4v) is 4.39. The van der Waals surface area contributed by atoms with Crippen LogP contribution in [-0.4, -0.2) is 28.9 Å². The molecule has 0 bridgehead atoms. The zero-order chi connectivity index (χ0) is 20.7. The van der Waals surface area contributed by atoms with Crippen LogP contribution in [0, 0.1) is 5.82 Å². The van der Waals surface area contributed by atoms with Crippen LogP contribution in [-0.2, 0) is 18.8 Å². The van der Waals surface area contributed by atoms with E-state index >= 15 is 0 Å². The molecule has 0 saturated carbocycles. The highest BCUT2D eigenvalue weighted by atomic mass is 35.5. The highest BCUT2D eigenvalue weighted by molar-refractivity contribution is 6.31. The van der Waals surface area contributed by atoms with Gasteiger partial charge in [0.15, 0.2) is 5.72 Å².